The van der Waals surface area contributed by atoms with Crippen molar-refractivity contribution in [1.82, 2.24) is 5.32 Å². The van der Waals surface area contributed by atoms with Crippen molar-refractivity contribution in [2.24, 2.45) is 0 Å². The van der Waals surface area contributed by atoms with E-state index in [4.69, 9.17) is 9.47 Å². The van der Waals surface area contributed by atoms with Gasteiger partial charge in [-0.2, -0.15) is 8.42 Å². The van der Waals surface area contributed by atoms with Gasteiger partial charge in [0.15, 0.2) is 0 Å². The zero-order chi connectivity index (χ0) is 20.2. The SMILES string of the molecule is CC(C)(C)OC(=O)NCc1ccc(N2C[C@H](COS(C)(=O)=O)OC2=O)cc1. The van der Waals surface area contributed by atoms with Crippen molar-refractivity contribution < 1.29 is 31.7 Å². The van der Waals surface area contributed by atoms with Gasteiger partial charge < -0.3 is 14.8 Å². The van der Waals surface area contributed by atoms with Crippen molar-refractivity contribution in [3.05, 3.63) is 29.8 Å². The van der Waals surface area contributed by atoms with E-state index in [1.165, 1.54) is 4.90 Å². The molecule has 0 bridgehead atoms. The van der Waals surface area contributed by atoms with Crippen LogP contribution in [-0.2, 0) is 30.3 Å². The Hall–Kier alpha value is -2.33. The van der Waals surface area contributed by atoms with Crippen molar-refractivity contribution in [3.63, 3.8) is 0 Å². The van der Waals surface area contributed by atoms with Crippen LogP contribution in [0.15, 0.2) is 24.3 Å². The monoisotopic (exact) mass is 400 g/mol. The molecule has 0 radical (unpaired) electrons. The number of amides is 2. The number of benzene rings is 1. The molecule has 2 amide bonds. The van der Waals surface area contributed by atoms with E-state index in [9.17, 15) is 18.0 Å². The zero-order valence-corrected chi connectivity index (χ0v) is 16.5. The van der Waals surface area contributed by atoms with Crippen LogP contribution >= 0.6 is 0 Å². The summed E-state index contributed by atoms with van der Waals surface area (Å²) in [5, 5.41) is 2.65. The summed E-state index contributed by atoms with van der Waals surface area (Å²) in [4.78, 5) is 25.0. The van der Waals surface area contributed by atoms with Crippen molar-refractivity contribution >= 4 is 28.0 Å². The number of carbonyl (C=O) groups excluding carboxylic acids is 2. The third kappa shape index (κ3) is 7.06. The first-order valence-electron chi connectivity index (χ1n) is 8.31. The third-order valence-electron chi connectivity index (χ3n) is 3.43. The van der Waals surface area contributed by atoms with Gasteiger partial charge in [0.1, 0.15) is 18.3 Å². The molecule has 27 heavy (non-hydrogen) atoms. The van der Waals surface area contributed by atoms with Crippen LogP contribution in [0.1, 0.15) is 26.3 Å². The molecule has 1 heterocycles. The first-order valence-corrected chi connectivity index (χ1v) is 10.1. The summed E-state index contributed by atoms with van der Waals surface area (Å²) in [6.45, 7) is 5.59. The molecule has 0 unspecified atom stereocenters. The van der Waals surface area contributed by atoms with Crippen molar-refractivity contribution in [2.75, 3.05) is 24.3 Å². The first kappa shape index (κ1) is 21.0. The molecule has 1 saturated heterocycles. The van der Waals surface area contributed by atoms with Gasteiger partial charge in [-0.3, -0.25) is 9.08 Å². The van der Waals surface area contributed by atoms with E-state index >= 15 is 0 Å². The van der Waals surface area contributed by atoms with Crippen LogP contribution < -0.4 is 10.2 Å². The molecule has 0 saturated carbocycles. The second-order valence-corrected chi connectivity index (χ2v) is 8.77. The average Bonchev–Trinajstić information content (AvgIpc) is 2.90. The Kier molecular flexibility index (Phi) is 6.32. The maximum absolute atomic E-state index is 12.0. The van der Waals surface area contributed by atoms with E-state index in [2.05, 4.69) is 9.50 Å². The fourth-order valence-electron chi connectivity index (χ4n) is 2.30. The van der Waals surface area contributed by atoms with Crippen LogP contribution in [0, 0.1) is 0 Å². The lowest BCUT2D eigenvalue weighted by molar-refractivity contribution is 0.0523. The number of carbonyl (C=O) groups is 2. The Balaban J connectivity index is 1.89. The van der Waals surface area contributed by atoms with Crippen LogP contribution in [0.2, 0.25) is 0 Å². The molecule has 9 nitrogen and oxygen atoms in total. The van der Waals surface area contributed by atoms with Gasteiger partial charge in [-0.25, -0.2) is 9.59 Å². The summed E-state index contributed by atoms with van der Waals surface area (Å²) in [7, 11) is -3.60. The molecule has 1 aliphatic heterocycles. The lowest BCUT2D eigenvalue weighted by Gasteiger charge is -2.19. The molecule has 150 valence electrons. The molecule has 1 N–H and O–H groups in total. The number of ether oxygens (including phenoxy) is 2. The predicted octanol–water partition coefficient (Wildman–Crippen LogP) is 2.01. The summed E-state index contributed by atoms with van der Waals surface area (Å²) in [5.41, 5.74) is 0.860. The van der Waals surface area contributed by atoms with E-state index in [0.717, 1.165) is 11.8 Å². The van der Waals surface area contributed by atoms with Gasteiger partial charge in [0.05, 0.1) is 12.8 Å². The first-order chi connectivity index (χ1) is 12.4. The smallest absolute Gasteiger partial charge is 0.414 e. The number of nitrogens with zero attached hydrogens (tertiary/aromatic N) is 1. The summed E-state index contributed by atoms with van der Waals surface area (Å²) < 4.78 is 37.0. The maximum atomic E-state index is 12.0. The van der Waals surface area contributed by atoms with Crippen molar-refractivity contribution in [1.29, 1.82) is 0 Å². The number of anilines is 1. The largest absolute Gasteiger partial charge is 0.444 e. The van der Waals surface area contributed by atoms with Gasteiger partial charge >= 0.3 is 12.2 Å². The highest BCUT2D eigenvalue weighted by atomic mass is 32.2. The number of hydrogen-bond acceptors (Lipinski definition) is 7. The molecule has 0 aromatic heterocycles. The molecule has 1 aliphatic rings. The zero-order valence-electron chi connectivity index (χ0n) is 15.7. The highest BCUT2D eigenvalue weighted by Gasteiger charge is 2.33. The van der Waals surface area contributed by atoms with Crippen molar-refractivity contribution in [3.8, 4) is 0 Å². The third-order valence-corrected chi connectivity index (χ3v) is 3.99. The summed E-state index contributed by atoms with van der Waals surface area (Å²) in [6, 6.07) is 6.96. The quantitative estimate of drug-likeness (QED) is 0.727. The van der Waals surface area contributed by atoms with Crippen LogP contribution in [0.4, 0.5) is 15.3 Å². The number of rotatable bonds is 6. The Morgan fingerprint density at radius 3 is 2.48 bits per heavy atom. The minimum Gasteiger partial charge on any atom is -0.444 e. The Morgan fingerprint density at radius 1 is 1.30 bits per heavy atom. The molecule has 1 fully saturated rings. The molecule has 1 aromatic carbocycles. The molecule has 10 heteroatoms. The highest BCUT2D eigenvalue weighted by molar-refractivity contribution is 7.85. The molecular formula is C17H24N2O7S. The average molecular weight is 400 g/mol. The van der Waals surface area contributed by atoms with Crippen LogP contribution in [0.25, 0.3) is 0 Å². The minimum absolute atomic E-state index is 0.184. The van der Waals surface area contributed by atoms with Crippen LogP contribution in [0.3, 0.4) is 0 Å². The second-order valence-electron chi connectivity index (χ2n) is 7.13. The van der Waals surface area contributed by atoms with Gasteiger partial charge in [0.25, 0.3) is 10.1 Å². The van der Waals surface area contributed by atoms with Crippen molar-refractivity contribution in [2.45, 2.75) is 39.0 Å². The van der Waals surface area contributed by atoms with E-state index in [0.29, 0.717) is 5.69 Å². The summed E-state index contributed by atoms with van der Waals surface area (Å²) in [5.74, 6) is 0. The lowest BCUT2D eigenvalue weighted by Crippen LogP contribution is -2.32. The molecular weight excluding hydrogens is 376 g/mol. The summed E-state index contributed by atoms with van der Waals surface area (Å²) >= 11 is 0. The molecule has 1 aromatic rings. The number of hydrogen-bond donors (Lipinski definition) is 1. The number of alkyl carbamates (subject to hydrolysis) is 1. The minimum atomic E-state index is -3.60. The van der Waals surface area contributed by atoms with E-state index in [-0.39, 0.29) is 19.7 Å². The highest BCUT2D eigenvalue weighted by Crippen LogP contribution is 2.22. The number of nitrogens with one attached hydrogen (secondary N) is 1. The number of cyclic esters (lactones) is 1. The molecule has 2 rings (SSSR count). The van der Waals surface area contributed by atoms with E-state index in [1.807, 2.05) is 0 Å². The topological polar surface area (TPSA) is 111 Å². The Morgan fingerprint density at radius 2 is 1.93 bits per heavy atom. The normalized spacial score (nSPS) is 17.6. The Bertz CT molecular complexity index is 784. The second kappa shape index (κ2) is 8.13. The Labute approximate surface area is 158 Å². The van der Waals surface area contributed by atoms with Gasteiger partial charge in [0, 0.05) is 12.2 Å². The molecule has 0 aliphatic carbocycles. The van der Waals surface area contributed by atoms with Gasteiger partial charge in [-0.05, 0) is 38.5 Å². The van der Waals surface area contributed by atoms with Gasteiger partial charge in [-0.15, -0.1) is 0 Å². The maximum Gasteiger partial charge on any atom is 0.414 e. The standard InChI is InChI=1S/C17H24N2O7S/c1-17(2,3)26-15(20)18-9-12-5-7-13(8-6-12)19-10-14(25-16(19)21)11-24-27(4,22)23/h5-8,14H,9-11H2,1-4H3,(H,18,20)/t14-/m1/s1. The summed E-state index contributed by atoms with van der Waals surface area (Å²) in [6.07, 6.45) is -0.813. The van der Waals surface area contributed by atoms with E-state index in [1.54, 1.807) is 45.0 Å². The van der Waals surface area contributed by atoms with Gasteiger partial charge in [-0.1, -0.05) is 12.1 Å². The molecule has 1 atom stereocenters. The van der Waals surface area contributed by atoms with E-state index < -0.39 is 34.0 Å². The van der Waals surface area contributed by atoms with Gasteiger partial charge in [0.2, 0.25) is 0 Å². The van der Waals surface area contributed by atoms with Crippen LogP contribution in [0.5, 0.6) is 0 Å². The fraction of sp³-hybridized carbons (Fsp3) is 0.529. The van der Waals surface area contributed by atoms with Crippen LogP contribution in [-0.4, -0.2) is 51.7 Å². The molecule has 0 spiro atoms. The lowest BCUT2D eigenvalue weighted by atomic mass is 10.2. The fourth-order valence-corrected chi connectivity index (χ4v) is 2.70. The predicted molar refractivity (Wildman–Crippen MR) is 97.9 cm³/mol.